The van der Waals surface area contributed by atoms with Gasteiger partial charge in [-0.2, -0.15) is 0 Å². The molecule has 1 heterocycles. The van der Waals surface area contributed by atoms with Crippen LogP contribution in [0.1, 0.15) is 39.0 Å². The molecule has 0 aliphatic rings. The molecule has 0 radical (unpaired) electrons. The maximum Gasteiger partial charge on any atom is 0.257 e. The molecule has 128 valence electrons. The Bertz CT molecular complexity index is 749. The van der Waals surface area contributed by atoms with Crippen molar-refractivity contribution in [2.24, 2.45) is 5.73 Å². The van der Waals surface area contributed by atoms with Crippen LogP contribution in [0.2, 0.25) is 0 Å². The molecule has 0 bridgehead atoms. The van der Waals surface area contributed by atoms with Crippen molar-refractivity contribution in [1.82, 2.24) is 9.88 Å². The number of benzene rings is 1. The van der Waals surface area contributed by atoms with Crippen molar-refractivity contribution in [3.05, 3.63) is 52.8 Å². The van der Waals surface area contributed by atoms with Gasteiger partial charge in [0, 0.05) is 31.0 Å². The maximum absolute atomic E-state index is 12.6. The Hall–Kier alpha value is -2.60. The van der Waals surface area contributed by atoms with E-state index in [0.717, 1.165) is 17.9 Å². The lowest BCUT2D eigenvalue weighted by atomic mass is 10.1. The Morgan fingerprint density at radius 1 is 1.12 bits per heavy atom. The molecule has 0 fully saturated rings. The molecule has 0 atom stereocenters. The minimum absolute atomic E-state index is 0.220. The Kier molecular flexibility index (Phi) is 5.76. The van der Waals surface area contributed by atoms with Crippen molar-refractivity contribution in [3.8, 4) is 0 Å². The number of aryl methyl sites for hydroxylation is 1. The Labute approximate surface area is 142 Å². The van der Waals surface area contributed by atoms with Gasteiger partial charge in [-0.25, -0.2) is 0 Å². The summed E-state index contributed by atoms with van der Waals surface area (Å²) < 4.78 is 2.08. The maximum atomic E-state index is 12.6. The van der Waals surface area contributed by atoms with E-state index in [2.05, 4.69) is 15.2 Å². The van der Waals surface area contributed by atoms with Gasteiger partial charge in [-0.05, 0) is 39.0 Å². The number of carbonyl (C=O) groups is 2. The molecule has 2 rings (SSSR count). The molecule has 0 unspecified atom stereocenters. The van der Waals surface area contributed by atoms with Crippen LogP contribution in [0.4, 0.5) is 5.69 Å². The molecule has 0 aliphatic carbocycles. The number of amides is 2. The van der Waals surface area contributed by atoms with Gasteiger partial charge in [0.2, 0.25) is 0 Å². The number of hydrogen-bond acceptors (Lipinski definition) is 3. The number of aromatic nitrogens is 1. The van der Waals surface area contributed by atoms with Crippen LogP contribution < -0.4 is 16.4 Å². The zero-order chi connectivity index (χ0) is 17.7. The summed E-state index contributed by atoms with van der Waals surface area (Å²) in [6.07, 6.45) is 0. The fourth-order valence-corrected chi connectivity index (χ4v) is 2.78. The standard InChI is InChI=1S/C18H24N4O2/c1-4-22-12(2)11-15(13(22)3)18(24)21-16-8-6-5-7-14(16)17(23)20-10-9-19/h5-8,11H,4,9-10,19H2,1-3H3,(H,20,23)(H,21,24). The third-order valence-corrected chi connectivity index (χ3v) is 3.98. The first kappa shape index (κ1) is 17.7. The lowest BCUT2D eigenvalue weighted by Gasteiger charge is -2.11. The zero-order valence-corrected chi connectivity index (χ0v) is 14.3. The third-order valence-electron chi connectivity index (χ3n) is 3.98. The van der Waals surface area contributed by atoms with Crippen LogP contribution >= 0.6 is 0 Å². The lowest BCUT2D eigenvalue weighted by Crippen LogP contribution is -2.30. The van der Waals surface area contributed by atoms with Crippen molar-refractivity contribution in [1.29, 1.82) is 0 Å². The van der Waals surface area contributed by atoms with Gasteiger partial charge >= 0.3 is 0 Å². The molecule has 0 saturated heterocycles. The van der Waals surface area contributed by atoms with Crippen LogP contribution in [0.15, 0.2) is 30.3 Å². The molecule has 6 heteroatoms. The normalized spacial score (nSPS) is 10.5. The first-order valence-corrected chi connectivity index (χ1v) is 8.05. The largest absolute Gasteiger partial charge is 0.351 e. The van der Waals surface area contributed by atoms with E-state index >= 15 is 0 Å². The highest BCUT2D eigenvalue weighted by molar-refractivity contribution is 6.09. The van der Waals surface area contributed by atoms with Crippen molar-refractivity contribution in [3.63, 3.8) is 0 Å². The first-order chi connectivity index (χ1) is 11.5. The molecule has 1 aromatic heterocycles. The number of nitrogens with zero attached hydrogens (tertiary/aromatic N) is 1. The smallest absolute Gasteiger partial charge is 0.257 e. The van der Waals surface area contributed by atoms with Crippen LogP contribution in [-0.2, 0) is 6.54 Å². The highest BCUT2D eigenvalue weighted by atomic mass is 16.2. The molecule has 24 heavy (non-hydrogen) atoms. The summed E-state index contributed by atoms with van der Waals surface area (Å²) in [6, 6.07) is 8.80. The summed E-state index contributed by atoms with van der Waals surface area (Å²) in [5, 5.41) is 5.56. The summed E-state index contributed by atoms with van der Waals surface area (Å²) >= 11 is 0. The van der Waals surface area contributed by atoms with Crippen LogP contribution in [-0.4, -0.2) is 29.5 Å². The van der Waals surface area contributed by atoms with Crippen LogP contribution in [0.25, 0.3) is 0 Å². The van der Waals surface area contributed by atoms with Crippen molar-refractivity contribution in [2.75, 3.05) is 18.4 Å². The van der Waals surface area contributed by atoms with Crippen molar-refractivity contribution >= 4 is 17.5 Å². The molecule has 0 aliphatic heterocycles. The van der Waals surface area contributed by atoms with E-state index in [4.69, 9.17) is 5.73 Å². The second-order valence-electron chi connectivity index (χ2n) is 5.57. The monoisotopic (exact) mass is 328 g/mol. The summed E-state index contributed by atoms with van der Waals surface area (Å²) in [5.74, 6) is -0.475. The summed E-state index contributed by atoms with van der Waals surface area (Å²) in [4.78, 5) is 24.8. The van der Waals surface area contributed by atoms with Gasteiger partial charge in [0.1, 0.15) is 0 Å². The number of anilines is 1. The quantitative estimate of drug-likeness (QED) is 0.758. The number of carbonyl (C=O) groups excluding carboxylic acids is 2. The van der Waals surface area contributed by atoms with E-state index in [0.29, 0.717) is 29.9 Å². The second kappa shape index (κ2) is 7.79. The minimum Gasteiger partial charge on any atom is -0.351 e. The lowest BCUT2D eigenvalue weighted by molar-refractivity contribution is 0.0955. The van der Waals surface area contributed by atoms with Gasteiger partial charge in [0.15, 0.2) is 0 Å². The fourth-order valence-electron chi connectivity index (χ4n) is 2.78. The number of nitrogens with one attached hydrogen (secondary N) is 2. The fraction of sp³-hybridized carbons (Fsp3) is 0.333. The van der Waals surface area contributed by atoms with E-state index in [1.165, 1.54) is 0 Å². The summed E-state index contributed by atoms with van der Waals surface area (Å²) in [5.41, 5.74) is 8.88. The molecule has 1 aromatic carbocycles. The Balaban J connectivity index is 2.25. The van der Waals surface area contributed by atoms with Crippen LogP contribution in [0, 0.1) is 13.8 Å². The predicted molar refractivity (Wildman–Crippen MR) is 95.4 cm³/mol. The molecule has 2 amide bonds. The van der Waals surface area contributed by atoms with Gasteiger partial charge in [0.25, 0.3) is 11.8 Å². The van der Waals surface area contributed by atoms with Crippen molar-refractivity contribution in [2.45, 2.75) is 27.3 Å². The van der Waals surface area contributed by atoms with Crippen LogP contribution in [0.3, 0.4) is 0 Å². The highest BCUT2D eigenvalue weighted by Gasteiger charge is 2.17. The molecular formula is C18H24N4O2. The van der Waals surface area contributed by atoms with E-state index < -0.39 is 0 Å². The average Bonchev–Trinajstić information content (AvgIpc) is 2.87. The van der Waals surface area contributed by atoms with Crippen LogP contribution in [0.5, 0.6) is 0 Å². The van der Waals surface area contributed by atoms with Gasteiger partial charge in [0.05, 0.1) is 16.8 Å². The zero-order valence-electron chi connectivity index (χ0n) is 14.3. The second-order valence-corrected chi connectivity index (χ2v) is 5.57. The number of nitrogens with two attached hydrogens (primary N) is 1. The van der Waals surface area contributed by atoms with Gasteiger partial charge < -0.3 is 20.9 Å². The topological polar surface area (TPSA) is 89.2 Å². The predicted octanol–water partition coefficient (Wildman–Crippen LogP) is 2.07. The van der Waals surface area contributed by atoms with Gasteiger partial charge in [-0.15, -0.1) is 0 Å². The van der Waals surface area contributed by atoms with Crippen molar-refractivity contribution < 1.29 is 9.59 Å². The number of para-hydroxylation sites is 1. The number of rotatable bonds is 6. The van der Waals surface area contributed by atoms with E-state index in [1.807, 2.05) is 26.8 Å². The SMILES string of the molecule is CCn1c(C)cc(C(=O)Nc2ccccc2C(=O)NCCN)c1C. The molecule has 6 nitrogen and oxygen atoms in total. The third kappa shape index (κ3) is 3.65. The molecular weight excluding hydrogens is 304 g/mol. The molecule has 0 saturated carbocycles. The Morgan fingerprint density at radius 3 is 2.46 bits per heavy atom. The van der Waals surface area contributed by atoms with Gasteiger partial charge in [-0.3, -0.25) is 9.59 Å². The van der Waals surface area contributed by atoms with E-state index in [1.54, 1.807) is 24.3 Å². The average molecular weight is 328 g/mol. The summed E-state index contributed by atoms with van der Waals surface area (Å²) in [7, 11) is 0. The molecule has 2 aromatic rings. The van der Waals surface area contributed by atoms with E-state index in [9.17, 15) is 9.59 Å². The molecule has 4 N–H and O–H groups in total. The van der Waals surface area contributed by atoms with E-state index in [-0.39, 0.29) is 11.8 Å². The first-order valence-electron chi connectivity index (χ1n) is 8.05. The van der Waals surface area contributed by atoms with Gasteiger partial charge in [-0.1, -0.05) is 12.1 Å². The number of hydrogen-bond donors (Lipinski definition) is 3. The highest BCUT2D eigenvalue weighted by Crippen LogP contribution is 2.19. The summed E-state index contributed by atoms with van der Waals surface area (Å²) in [6.45, 7) is 7.50. The minimum atomic E-state index is -0.254. The Morgan fingerprint density at radius 2 is 1.83 bits per heavy atom. The molecule has 0 spiro atoms.